The lowest BCUT2D eigenvalue weighted by atomic mass is 9.90. The maximum atomic E-state index is 13.0. The molecule has 0 aliphatic rings. The standard InChI is InChI=1S/C18H21O4P/c1-5-14-15(7-6-8-16(14)23(20,21)22)18(19)17-12(3)9-11(2)10-13(17)4/h6-10H,5H2,1-4H3,(H2,20,21,22). The Kier molecular flexibility index (Phi) is 4.90. The van der Waals surface area contributed by atoms with E-state index in [1.807, 2.05) is 32.9 Å². The highest BCUT2D eigenvalue weighted by atomic mass is 31.2. The van der Waals surface area contributed by atoms with Crippen molar-refractivity contribution in [2.75, 3.05) is 0 Å². The van der Waals surface area contributed by atoms with Gasteiger partial charge in [0, 0.05) is 11.1 Å². The van der Waals surface area contributed by atoms with Crippen LogP contribution in [0.3, 0.4) is 0 Å². The third-order valence-electron chi connectivity index (χ3n) is 3.97. The molecule has 4 nitrogen and oxygen atoms in total. The zero-order valence-corrected chi connectivity index (χ0v) is 14.6. The van der Waals surface area contributed by atoms with E-state index in [0.29, 0.717) is 23.1 Å². The Hall–Kier alpha value is -1.74. The van der Waals surface area contributed by atoms with Crippen LogP contribution >= 0.6 is 7.60 Å². The number of hydrogen-bond acceptors (Lipinski definition) is 2. The summed E-state index contributed by atoms with van der Waals surface area (Å²) in [6, 6.07) is 8.45. The summed E-state index contributed by atoms with van der Waals surface area (Å²) in [6.07, 6.45) is 0.381. The van der Waals surface area contributed by atoms with Crippen LogP contribution in [0.2, 0.25) is 0 Å². The Bertz CT molecular complexity index is 795. The van der Waals surface area contributed by atoms with Gasteiger partial charge >= 0.3 is 7.60 Å². The number of hydrogen-bond donors (Lipinski definition) is 2. The lowest BCUT2D eigenvalue weighted by Gasteiger charge is -2.16. The summed E-state index contributed by atoms with van der Waals surface area (Å²) in [7, 11) is -4.41. The molecular formula is C18H21O4P. The minimum absolute atomic E-state index is 0.0618. The van der Waals surface area contributed by atoms with Crippen LogP contribution in [0.5, 0.6) is 0 Å². The van der Waals surface area contributed by atoms with Gasteiger partial charge in [0.05, 0.1) is 5.30 Å². The van der Waals surface area contributed by atoms with Crippen molar-refractivity contribution in [3.05, 3.63) is 63.7 Å². The van der Waals surface area contributed by atoms with Crippen molar-refractivity contribution in [3.8, 4) is 0 Å². The molecule has 0 unspecified atom stereocenters. The summed E-state index contributed by atoms with van der Waals surface area (Å²) >= 11 is 0. The van der Waals surface area contributed by atoms with Crippen LogP contribution in [0, 0.1) is 20.8 Å². The van der Waals surface area contributed by atoms with Crippen molar-refractivity contribution < 1.29 is 19.1 Å². The molecule has 0 aliphatic heterocycles. The Labute approximate surface area is 136 Å². The number of benzene rings is 2. The molecule has 0 saturated carbocycles. The molecule has 2 aromatic rings. The molecule has 23 heavy (non-hydrogen) atoms. The van der Waals surface area contributed by atoms with Crippen molar-refractivity contribution in [1.82, 2.24) is 0 Å². The minimum atomic E-state index is -4.41. The summed E-state index contributed by atoms with van der Waals surface area (Å²) in [5, 5.41) is -0.0618. The minimum Gasteiger partial charge on any atom is -0.321 e. The molecule has 2 N–H and O–H groups in total. The van der Waals surface area contributed by atoms with Gasteiger partial charge in [0.15, 0.2) is 5.78 Å². The van der Waals surface area contributed by atoms with Crippen molar-refractivity contribution in [2.24, 2.45) is 0 Å². The molecule has 0 fully saturated rings. The van der Waals surface area contributed by atoms with E-state index in [0.717, 1.165) is 16.7 Å². The predicted molar refractivity (Wildman–Crippen MR) is 91.6 cm³/mol. The normalized spacial score (nSPS) is 11.6. The van der Waals surface area contributed by atoms with Gasteiger partial charge in [0.2, 0.25) is 0 Å². The van der Waals surface area contributed by atoms with Crippen LogP contribution in [0.25, 0.3) is 0 Å². The van der Waals surface area contributed by atoms with Crippen LogP contribution in [0.15, 0.2) is 30.3 Å². The van der Waals surface area contributed by atoms with Gasteiger partial charge in [-0.1, -0.05) is 36.8 Å². The average molecular weight is 332 g/mol. The molecule has 0 heterocycles. The van der Waals surface area contributed by atoms with Crippen molar-refractivity contribution >= 4 is 18.7 Å². The first-order valence-electron chi connectivity index (χ1n) is 7.47. The molecule has 0 spiro atoms. The Morgan fingerprint density at radius 3 is 2.13 bits per heavy atom. The second-order valence-electron chi connectivity index (χ2n) is 5.80. The zero-order chi connectivity index (χ0) is 17.4. The third kappa shape index (κ3) is 3.45. The molecule has 0 atom stereocenters. The molecule has 0 saturated heterocycles. The maximum Gasteiger partial charge on any atom is 0.356 e. The van der Waals surface area contributed by atoms with E-state index in [1.165, 1.54) is 12.1 Å². The van der Waals surface area contributed by atoms with E-state index in [9.17, 15) is 19.1 Å². The fourth-order valence-electron chi connectivity index (χ4n) is 3.10. The lowest BCUT2D eigenvalue weighted by molar-refractivity contribution is 0.103. The van der Waals surface area contributed by atoms with Gasteiger partial charge in [-0.25, -0.2) is 0 Å². The van der Waals surface area contributed by atoms with E-state index in [4.69, 9.17) is 0 Å². The fraction of sp³-hybridized carbons (Fsp3) is 0.278. The smallest absolute Gasteiger partial charge is 0.321 e. The first kappa shape index (κ1) is 17.6. The molecule has 0 aromatic heterocycles. The van der Waals surface area contributed by atoms with Crippen LogP contribution in [0.1, 0.15) is 45.1 Å². The number of carbonyl (C=O) groups excluding carboxylic acids is 1. The third-order valence-corrected chi connectivity index (χ3v) is 5.01. The van der Waals surface area contributed by atoms with E-state index in [-0.39, 0.29) is 11.1 Å². The predicted octanol–water partition coefficient (Wildman–Crippen LogP) is 3.21. The van der Waals surface area contributed by atoms with E-state index < -0.39 is 7.60 Å². The number of carbonyl (C=O) groups is 1. The molecule has 2 rings (SSSR count). The highest BCUT2D eigenvalue weighted by Crippen LogP contribution is 2.36. The summed E-state index contributed by atoms with van der Waals surface area (Å²) in [5.74, 6) is -0.188. The number of ketones is 1. The van der Waals surface area contributed by atoms with Crippen LogP contribution in [-0.4, -0.2) is 15.6 Å². The van der Waals surface area contributed by atoms with E-state index in [2.05, 4.69) is 0 Å². The summed E-state index contributed by atoms with van der Waals surface area (Å²) in [5.41, 5.74) is 4.21. The number of rotatable bonds is 4. The molecule has 5 heteroatoms. The Morgan fingerprint density at radius 1 is 1.09 bits per heavy atom. The first-order chi connectivity index (χ1) is 10.7. The fourth-order valence-corrected chi connectivity index (χ4v) is 4.02. The van der Waals surface area contributed by atoms with Crippen LogP contribution in [0.4, 0.5) is 0 Å². The van der Waals surface area contributed by atoms with Gasteiger partial charge < -0.3 is 9.79 Å². The highest BCUT2D eigenvalue weighted by molar-refractivity contribution is 7.60. The summed E-state index contributed by atoms with van der Waals surface area (Å²) < 4.78 is 11.7. The van der Waals surface area contributed by atoms with Gasteiger partial charge in [-0.3, -0.25) is 9.36 Å². The summed E-state index contributed by atoms with van der Waals surface area (Å²) in [6.45, 7) is 7.53. The van der Waals surface area contributed by atoms with Crippen LogP contribution < -0.4 is 5.30 Å². The van der Waals surface area contributed by atoms with Crippen molar-refractivity contribution in [1.29, 1.82) is 0 Å². The van der Waals surface area contributed by atoms with Crippen molar-refractivity contribution in [3.63, 3.8) is 0 Å². The first-order valence-corrected chi connectivity index (χ1v) is 9.08. The van der Waals surface area contributed by atoms with Gasteiger partial charge in [-0.05, 0) is 49.9 Å². The monoisotopic (exact) mass is 332 g/mol. The molecule has 0 bridgehead atoms. The quantitative estimate of drug-likeness (QED) is 0.666. The zero-order valence-electron chi connectivity index (χ0n) is 13.8. The highest BCUT2D eigenvalue weighted by Gasteiger charge is 2.26. The average Bonchev–Trinajstić information content (AvgIpc) is 2.44. The Morgan fingerprint density at radius 2 is 1.65 bits per heavy atom. The second kappa shape index (κ2) is 6.40. The van der Waals surface area contributed by atoms with Gasteiger partial charge in [0.1, 0.15) is 0 Å². The lowest BCUT2D eigenvalue weighted by Crippen LogP contribution is -2.17. The molecule has 2 aromatic carbocycles. The number of aryl methyl sites for hydroxylation is 3. The van der Waals surface area contributed by atoms with E-state index >= 15 is 0 Å². The molecule has 0 aliphatic carbocycles. The van der Waals surface area contributed by atoms with Gasteiger partial charge in [0.25, 0.3) is 0 Å². The molecule has 0 radical (unpaired) electrons. The van der Waals surface area contributed by atoms with Crippen molar-refractivity contribution in [2.45, 2.75) is 34.1 Å². The molecule has 122 valence electrons. The van der Waals surface area contributed by atoms with E-state index in [1.54, 1.807) is 13.0 Å². The summed E-state index contributed by atoms with van der Waals surface area (Å²) in [4.78, 5) is 32.1. The largest absolute Gasteiger partial charge is 0.356 e. The van der Waals surface area contributed by atoms with Crippen LogP contribution in [-0.2, 0) is 11.0 Å². The topological polar surface area (TPSA) is 74.6 Å². The SMILES string of the molecule is CCc1c(C(=O)c2c(C)cc(C)cc2C)cccc1P(=O)(O)O. The van der Waals surface area contributed by atoms with Gasteiger partial charge in [-0.15, -0.1) is 0 Å². The molecular weight excluding hydrogens is 311 g/mol. The second-order valence-corrected chi connectivity index (χ2v) is 7.37. The van der Waals surface area contributed by atoms with Gasteiger partial charge in [-0.2, -0.15) is 0 Å². The Balaban J connectivity index is 2.69. The molecule has 0 amide bonds. The maximum absolute atomic E-state index is 13.0.